The molecule has 132 valence electrons. The van der Waals surface area contributed by atoms with Crippen molar-refractivity contribution >= 4 is 11.6 Å². The highest BCUT2D eigenvalue weighted by Crippen LogP contribution is 2.29. The smallest absolute Gasteiger partial charge is 0.341 e. The summed E-state index contributed by atoms with van der Waals surface area (Å²) in [6.45, 7) is 0.171. The zero-order valence-corrected chi connectivity index (χ0v) is 13.3. The number of nitro groups is 1. The van der Waals surface area contributed by atoms with Crippen molar-refractivity contribution in [1.29, 1.82) is 0 Å². The molecule has 25 heavy (non-hydrogen) atoms. The van der Waals surface area contributed by atoms with Gasteiger partial charge in [-0.05, 0) is 23.3 Å². The zero-order chi connectivity index (χ0) is 18.6. The summed E-state index contributed by atoms with van der Waals surface area (Å²) in [6.07, 6.45) is -4.34. The van der Waals surface area contributed by atoms with Gasteiger partial charge in [-0.15, -0.1) is 0 Å². The molecule has 0 radical (unpaired) electrons. The van der Waals surface area contributed by atoms with Gasteiger partial charge in [0.2, 0.25) is 5.91 Å². The third-order valence-electron chi connectivity index (χ3n) is 3.63. The van der Waals surface area contributed by atoms with Crippen molar-refractivity contribution in [1.82, 2.24) is 4.90 Å². The van der Waals surface area contributed by atoms with Crippen LogP contribution < -0.4 is 0 Å². The molecule has 0 saturated carbocycles. The van der Waals surface area contributed by atoms with Gasteiger partial charge in [0.15, 0.2) is 0 Å². The number of nitrogens with zero attached hydrogens (tertiary/aromatic N) is 2. The molecule has 0 aliphatic carbocycles. The SMILES string of the molecule is CN(Cc1ccc(C(F)(F)F)cc1)C(=O)Cc1ccc([N+](=O)[O-])cc1. The molecule has 5 nitrogen and oxygen atoms in total. The third kappa shape index (κ3) is 5.03. The number of carbonyl (C=O) groups is 1. The van der Waals surface area contributed by atoms with E-state index in [4.69, 9.17) is 0 Å². The predicted molar refractivity (Wildman–Crippen MR) is 84.7 cm³/mol. The van der Waals surface area contributed by atoms with Crippen molar-refractivity contribution < 1.29 is 22.9 Å². The molecule has 0 heterocycles. The van der Waals surface area contributed by atoms with Crippen LogP contribution in [0.4, 0.5) is 18.9 Å². The molecule has 0 atom stereocenters. The predicted octanol–water partition coefficient (Wildman–Crippen LogP) is 3.81. The van der Waals surface area contributed by atoms with E-state index in [0.717, 1.165) is 12.1 Å². The summed E-state index contributed by atoms with van der Waals surface area (Å²) in [5, 5.41) is 10.6. The van der Waals surface area contributed by atoms with Gasteiger partial charge in [-0.25, -0.2) is 0 Å². The highest BCUT2D eigenvalue weighted by Gasteiger charge is 2.29. The molecule has 0 bridgehead atoms. The number of benzene rings is 2. The summed E-state index contributed by atoms with van der Waals surface area (Å²) < 4.78 is 37.6. The molecular weight excluding hydrogens is 337 g/mol. The van der Waals surface area contributed by atoms with E-state index in [1.807, 2.05) is 0 Å². The zero-order valence-electron chi connectivity index (χ0n) is 13.3. The standard InChI is InChI=1S/C17H15F3N2O3/c1-21(11-13-2-6-14(7-3-13)17(18,19)20)16(23)10-12-4-8-15(9-5-12)22(24)25/h2-9H,10-11H2,1H3. The molecule has 8 heteroatoms. The number of amides is 1. The topological polar surface area (TPSA) is 63.5 Å². The van der Waals surface area contributed by atoms with Crippen LogP contribution in [0, 0.1) is 10.1 Å². The first-order chi connectivity index (χ1) is 11.7. The lowest BCUT2D eigenvalue weighted by Gasteiger charge is -2.18. The fourth-order valence-corrected chi connectivity index (χ4v) is 2.21. The number of hydrogen-bond donors (Lipinski definition) is 0. The largest absolute Gasteiger partial charge is 0.416 e. The first-order valence-electron chi connectivity index (χ1n) is 7.30. The van der Waals surface area contributed by atoms with E-state index in [2.05, 4.69) is 0 Å². The van der Waals surface area contributed by atoms with Gasteiger partial charge in [0.25, 0.3) is 5.69 Å². The fourth-order valence-electron chi connectivity index (χ4n) is 2.21. The van der Waals surface area contributed by atoms with E-state index in [1.54, 1.807) is 7.05 Å². The Labute approximate surface area is 141 Å². The lowest BCUT2D eigenvalue weighted by atomic mass is 10.1. The molecule has 0 spiro atoms. The summed E-state index contributed by atoms with van der Waals surface area (Å²) in [7, 11) is 1.55. The number of hydrogen-bond acceptors (Lipinski definition) is 3. The summed E-state index contributed by atoms with van der Waals surface area (Å²) in [5.41, 5.74) is 0.396. The second-order valence-corrected chi connectivity index (χ2v) is 5.54. The van der Waals surface area contributed by atoms with Crippen LogP contribution in [0.1, 0.15) is 16.7 Å². The minimum Gasteiger partial charge on any atom is -0.341 e. The molecule has 2 aromatic rings. The van der Waals surface area contributed by atoms with Gasteiger partial charge in [-0.2, -0.15) is 13.2 Å². The minimum atomic E-state index is -4.39. The summed E-state index contributed by atoms with van der Waals surface area (Å²) in [5.74, 6) is -0.242. The molecule has 0 unspecified atom stereocenters. The van der Waals surface area contributed by atoms with Gasteiger partial charge in [-0.1, -0.05) is 24.3 Å². The summed E-state index contributed by atoms with van der Waals surface area (Å²) in [4.78, 5) is 23.6. The Morgan fingerprint density at radius 1 is 1.04 bits per heavy atom. The van der Waals surface area contributed by atoms with Crippen LogP contribution >= 0.6 is 0 Å². The third-order valence-corrected chi connectivity index (χ3v) is 3.63. The van der Waals surface area contributed by atoms with Crippen molar-refractivity contribution in [3.63, 3.8) is 0 Å². The minimum absolute atomic E-state index is 0.0507. The van der Waals surface area contributed by atoms with Crippen molar-refractivity contribution in [2.75, 3.05) is 7.05 Å². The number of rotatable bonds is 5. The van der Waals surface area contributed by atoms with E-state index >= 15 is 0 Å². The van der Waals surface area contributed by atoms with Crippen molar-refractivity contribution in [3.05, 3.63) is 75.3 Å². The van der Waals surface area contributed by atoms with E-state index in [0.29, 0.717) is 11.1 Å². The first kappa shape index (κ1) is 18.4. The normalized spacial score (nSPS) is 11.2. The Bertz CT molecular complexity index is 756. The number of non-ortho nitro benzene ring substituents is 1. The molecule has 2 aromatic carbocycles. The molecule has 0 aromatic heterocycles. The summed E-state index contributed by atoms with van der Waals surface area (Å²) in [6, 6.07) is 10.3. The molecule has 0 aliphatic rings. The molecule has 0 aliphatic heterocycles. The maximum atomic E-state index is 12.5. The van der Waals surface area contributed by atoms with E-state index in [9.17, 15) is 28.1 Å². The van der Waals surface area contributed by atoms with Gasteiger partial charge in [-0.3, -0.25) is 14.9 Å². The maximum absolute atomic E-state index is 12.5. The van der Waals surface area contributed by atoms with Crippen LogP contribution in [0.3, 0.4) is 0 Å². The first-order valence-corrected chi connectivity index (χ1v) is 7.30. The quantitative estimate of drug-likeness (QED) is 0.607. The molecule has 0 saturated heterocycles. The second-order valence-electron chi connectivity index (χ2n) is 5.54. The van der Waals surface area contributed by atoms with Gasteiger partial charge in [0.1, 0.15) is 0 Å². The molecular formula is C17H15F3N2O3. The fraction of sp³-hybridized carbons (Fsp3) is 0.235. The Morgan fingerprint density at radius 2 is 1.56 bits per heavy atom. The Balaban J connectivity index is 1.96. The molecule has 2 rings (SSSR count). The van der Waals surface area contributed by atoms with Crippen LogP contribution in [0.2, 0.25) is 0 Å². The average molecular weight is 352 g/mol. The lowest BCUT2D eigenvalue weighted by molar-refractivity contribution is -0.384. The van der Waals surface area contributed by atoms with Gasteiger partial charge in [0.05, 0.1) is 16.9 Å². The highest BCUT2D eigenvalue weighted by molar-refractivity contribution is 5.78. The number of carbonyl (C=O) groups excluding carboxylic acids is 1. The summed E-state index contributed by atoms with van der Waals surface area (Å²) >= 11 is 0. The van der Waals surface area contributed by atoms with Crippen molar-refractivity contribution in [2.45, 2.75) is 19.1 Å². The van der Waals surface area contributed by atoms with E-state index in [1.165, 1.54) is 41.3 Å². The molecule has 0 fully saturated rings. The number of alkyl halides is 3. The monoisotopic (exact) mass is 352 g/mol. The van der Waals surface area contributed by atoms with Crippen LogP contribution in [0.25, 0.3) is 0 Å². The maximum Gasteiger partial charge on any atom is 0.416 e. The van der Waals surface area contributed by atoms with Gasteiger partial charge < -0.3 is 4.90 Å². The van der Waals surface area contributed by atoms with Crippen LogP contribution in [-0.2, 0) is 23.9 Å². The van der Waals surface area contributed by atoms with E-state index in [-0.39, 0.29) is 24.6 Å². The van der Waals surface area contributed by atoms with Crippen molar-refractivity contribution in [3.8, 4) is 0 Å². The number of nitro benzene ring substituents is 1. The van der Waals surface area contributed by atoms with Gasteiger partial charge in [0, 0.05) is 25.7 Å². The van der Waals surface area contributed by atoms with Crippen LogP contribution in [0.15, 0.2) is 48.5 Å². The van der Waals surface area contributed by atoms with Crippen LogP contribution in [-0.4, -0.2) is 22.8 Å². The molecule has 1 amide bonds. The number of likely N-dealkylation sites (N-methyl/N-ethyl adjacent to an activating group) is 1. The number of halogens is 3. The van der Waals surface area contributed by atoms with Crippen molar-refractivity contribution in [2.24, 2.45) is 0 Å². The second kappa shape index (κ2) is 7.33. The lowest BCUT2D eigenvalue weighted by Crippen LogP contribution is -2.27. The Morgan fingerprint density at radius 3 is 2.04 bits per heavy atom. The van der Waals surface area contributed by atoms with E-state index < -0.39 is 16.7 Å². The highest BCUT2D eigenvalue weighted by atomic mass is 19.4. The van der Waals surface area contributed by atoms with Gasteiger partial charge >= 0.3 is 6.18 Å². The Hall–Kier alpha value is -2.90. The average Bonchev–Trinajstić information content (AvgIpc) is 2.55. The molecule has 0 N–H and O–H groups in total. The Kier molecular flexibility index (Phi) is 5.41. The van der Waals surface area contributed by atoms with Crippen LogP contribution in [0.5, 0.6) is 0 Å².